The molecular formula is C20H17N3O. The van der Waals surface area contributed by atoms with Crippen molar-refractivity contribution in [1.82, 2.24) is 4.98 Å². The first-order valence-corrected chi connectivity index (χ1v) is 7.55. The summed E-state index contributed by atoms with van der Waals surface area (Å²) in [4.78, 5) is 4.47. The average Bonchev–Trinajstić information content (AvgIpc) is 2.63. The summed E-state index contributed by atoms with van der Waals surface area (Å²) in [7, 11) is 1.63. The zero-order valence-corrected chi connectivity index (χ0v) is 13.6. The topological polar surface area (TPSA) is 71.9 Å². The summed E-state index contributed by atoms with van der Waals surface area (Å²) in [6, 6.07) is 19.6. The van der Waals surface area contributed by atoms with Gasteiger partial charge in [0.25, 0.3) is 0 Å². The molecule has 0 saturated carbocycles. The van der Waals surface area contributed by atoms with Crippen molar-refractivity contribution in [3.8, 4) is 34.2 Å². The molecule has 0 unspecified atom stereocenters. The molecule has 4 heteroatoms. The molecule has 3 rings (SSSR count). The molecule has 0 aliphatic carbocycles. The Hall–Kier alpha value is -3.32. The minimum Gasteiger partial charge on any atom is -0.497 e. The first kappa shape index (κ1) is 15.6. The lowest BCUT2D eigenvalue weighted by atomic mass is 9.93. The van der Waals surface area contributed by atoms with E-state index in [9.17, 15) is 5.26 Å². The fourth-order valence-corrected chi connectivity index (χ4v) is 2.80. The Balaban J connectivity index is 2.26. The van der Waals surface area contributed by atoms with Crippen molar-refractivity contribution in [2.24, 2.45) is 0 Å². The Labute approximate surface area is 141 Å². The van der Waals surface area contributed by atoms with Gasteiger partial charge < -0.3 is 10.5 Å². The van der Waals surface area contributed by atoms with Gasteiger partial charge >= 0.3 is 0 Å². The molecule has 0 saturated heterocycles. The predicted octanol–water partition coefficient (Wildman–Crippen LogP) is 4.19. The SMILES string of the molecule is COc1ccc(-c2nc(N)c(C#N)c(-c3ccccc3)c2C)cc1. The van der Waals surface area contributed by atoms with Crippen LogP contribution in [0, 0.1) is 18.3 Å². The fraction of sp³-hybridized carbons (Fsp3) is 0.100. The van der Waals surface area contributed by atoms with E-state index in [4.69, 9.17) is 10.5 Å². The third kappa shape index (κ3) is 2.68. The van der Waals surface area contributed by atoms with Gasteiger partial charge in [0.1, 0.15) is 23.2 Å². The molecule has 0 amide bonds. The molecule has 24 heavy (non-hydrogen) atoms. The summed E-state index contributed by atoms with van der Waals surface area (Å²) < 4.78 is 5.20. The number of benzene rings is 2. The smallest absolute Gasteiger partial charge is 0.142 e. The highest BCUT2D eigenvalue weighted by Gasteiger charge is 2.18. The van der Waals surface area contributed by atoms with Crippen LogP contribution in [-0.2, 0) is 0 Å². The normalized spacial score (nSPS) is 10.2. The molecule has 2 aromatic carbocycles. The monoisotopic (exact) mass is 315 g/mol. The van der Waals surface area contributed by atoms with Gasteiger partial charge in [-0.2, -0.15) is 5.26 Å². The molecule has 0 radical (unpaired) electrons. The van der Waals surface area contributed by atoms with Crippen LogP contribution in [0.2, 0.25) is 0 Å². The third-order valence-electron chi connectivity index (χ3n) is 4.01. The van der Waals surface area contributed by atoms with Crippen molar-refractivity contribution >= 4 is 5.82 Å². The van der Waals surface area contributed by atoms with Crippen molar-refractivity contribution in [2.45, 2.75) is 6.92 Å². The first-order chi connectivity index (χ1) is 11.7. The number of aromatic nitrogens is 1. The lowest BCUT2D eigenvalue weighted by Crippen LogP contribution is -2.03. The van der Waals surface area contributed by atoms with Crippen LogP contribution in [0.15, 0.2) is 54.6 Å². The Morgan fingerprint density at radius 2 is 1.67 bits per heavy atom. The van der Waals surface area contributed by atoms with Crippen molar-refractivity contribution < 1.29 is 4.74 Å². The zero-order chi connectivity index (χ0) is 17.1. The standard InChI is InChI=1S/C20H17N3O/c1-13-18(14-6-4-3-5-7-14)17(12-21)20(22)23-19(13)15-8-10-16(24-2)11-9-15/h3-11H,1-2H3,(H2,22,23). The number of anilines is 1. The predicted molar refractivity (Wildman–Crippen MR) is 95.5 cm³/mol. The second-order valence-electron chi connectivity index (χ2n) is 5.43. The van der Waals surface area contributed by atoms with Gasteiger partial charge in [-0.3, -0.25) is 0 Å². The van der Waals surface area contributed by atoms with Crippen LogP contribution in [0.1, 0.15) is 11.1 Å². The number of hydrogen-bond donors (Lipinski definition) is 1. The van der Waals surface area contributed by atoms with E-state index in [1.807, 2.05) is 61.5 Å². The second-order valence-corrected chi connectivity index (χ2v) is 5.43. The van der Waals surface area contributed by atoms with Crippen molar-refractivity contribution in [3.05, 3.63) is 65.7 Å². The van der Waals surface area contributed by atoms with E-state index < -0.39 is 0 Å². The van der Waals surface area contributed by atoms with E-state index in [2.05, 4.69) is 11.1 Å². The minimum absolute atomic E-state index is 0.243. The van der Waals surface area contributed by atoms with Gasteiger partial charge in [0.2, 0.25) is 0 Å². The second kappa shape index (κ2) is 6.43. The number of nitriles is 1. The largest absolute Gasteiger partial charge is 0.497 e. The quantitative estimate of drug-likeness (QED) is 0.786. The molecule has 1 aromatic heterocycles. The van der Waals surface area contributed by atoms with Gasteiger partial charge in [0.15, 0.2) is 0 Å². The van der Waals surface area contributed by atoms with Gasteiger partial charge in [0, 0.05) is 11.1 Å². The third-order valence-corrected chi connectivity index (χ3v) is 4.01. The molecular weight excluding hydrogens is 298 g/mol. The van der Waals surface area contributed by atoms with Crippen LogP contribution in [-0.4, -0.2) is 12.1 Å². The fourth-order valence-electron chi connectivity index (χ4n) is 2.80. The maximum Gasteiger partial charge on any atom is 0.142 e. The molecule has 1 heterocycles. The zero-order valence-electron chi connectivity index (χ0n) is 13.6. The lowest BCUT2D eigenvalue weighted by Gasteiger charge is -2.15. The van der Waals surface area contributed by atoms with Gasteiger partial charge in [-0.15, -0.1) is 0 Å². The summed E-state index contributed by atoms with van der Waals surface area (Å²) in [6.45, 7) is 1.97. The van der Waals surface area contributed by atoms with E-state index >= 15 is 0 Å². The molecule has 0 atom stereocenters. The first-order valence-electron chi connectivity index (χ1n) is 7.55. The maximum atomic E-state index is 9.53. The molecule has 2 N–H and O–H groups in total. The van der Waals surface area contributed by atoms with E-state index in [1.54, 1.807) is 7.11 Å². The molecule has 0 bridgehead atoms. The summed E-state index contributed by atoms with van der Waals surface area (Å²) in [6.07, 6.45) is 0. The molecule has 0 spiro atoms. The summed E-state index contributed by atoms with van der Waals surface area (Å²) >= 11 is 0. The van der Waals surface area contributed by atoms with Crippen LogP contribution in [0.4, 0.5) is 5.82 Å². The summed E-state index contributed by atoms with van der Waals surface area (Å²) in [5, 5.41) is 9.53. The van der Waals surface area contributed by atoms with Gasteiger partial charge in [0.05, 0.1) is 12.8 Å². The minimum atomic E-state index is 0.243. The van der Waals surface area contributed by atoms with Gasteiger partial charge in [-0.05, 0) is 42.3 Å². The van der Waals surface area contributed by atoms with Gasteiger partial charge in [-0.25, -0.2) is 4.98 Å². The summed E-state index contributed by atoms with van der Waals surface area (Å²) in [5.41, 5.74) is 10.9. The van der Waals surface area contributed by atoms with Crippen molar-refractivity contribution in [2.75, 3.05) is 12.8 Å². The molecule has 4 nitrogen and oxygen atoms in total. The Kier molecular flexibility index (Phi) is 4.17. The van der Waals surface area contributed by atoms with Crippen LogP contribution in [0.3, 0.4) is 0 Å². The van der Waals surface area contributed by atoms with Crippen molar-refractivity contribution in [3.63, 3.8) is 0 Å². The lowest BCUT2D eigenvalue weighted by molar-refractivity contribution is 0.415. The number of nitrogens with zero attached hydrogens (tertiary/aromatic N) is 2. The van der Waals surface area contributed by atoms with Crippen LogP contribution in [0.25, 0.3) is 22.4 Å². The maximum absolute atomic E-state index is 9.53. The molecule has 3 aromatic rings. The number of nitrogens with two attached hydrogens (primary N) is 1. The van der Waals surface area contributed by atoms with Crippen LogP contribution < -0.4 is 10.5 Å². The molecule has 0 aliphatic heterocycles. The number of ether oxygens (including phenoxy) is 1. The highest BCUT2D eigenvalue weighted by atomic mass is 16.5. The number of methoxy groups -OCH3 is 1. The van der Waals surface area contributed by atoms with Crippen molar-refractivity contribution in [1.29, 1.82) is 5.26 Å². The average molecular weight is 315 g/mol. The number of nitrogen functional groups attached to an aromatic ring is 1. The highest BCUT2D eigenvalue weighted by Crippen LogP contribution is 2.35. The Bertz CT molecular complexity index is 910. The summed E-state index contributed by atoms with van der Waals surface area (Å²) in [5.74, 6) is 1.02. The number of hydrogen-bond acceptors (Lipinski definition) is 4. The molecule has 0 aliphatic rings. The molecule has 118 valence electrons. The van der Waals surface area contributed by atoms with Crippen LogP contribution in [0.5, 0.6) is 5.75 Å². The Morgan fingerprint density at radius 1 is 1.00 bits per heavy atom. The van der Waals surface area contributed by atoms with Gasteiger partial charge in [-0.1, -0.05) is 30.3 Å². The Morgan fingerprint density at radius 3 is 2.25 bits per heavy atom. The number of rotatable bonds is 3. The molecule has 0 fully saturated rings. The van der Waals surface area contributed by atoms with Crippen LogP contribution >= 0.6 is 0 Å². The highest BCUT2D eigenvalue weighted by molar-refractivity contribution is 5.84. The van der Waals surface area contributed by atoms with E-state index in [0.717, 1.165) is 33.7 Å². The number of pyridine rings is 1. The van der Waals surface area contributed by atoms with E-state index in [1.165, 1.54) is 0 Å². The van der Waals surface area contributed by atoms with E-state index in [0.29, 0.717) is 5.56 Å². The van der Waals surface area contributed by atoms with E-state index in [-0.39, 0.29) is 5.82 Å².